The third-order valence-electron chi connectivity index (χ3n) is 6.19. The fourth-order valence-electron chi connectivity index (χ4n) is 4.33. The lowest BCUT2D eigenvalue weighted by Crippen LogP contribution is -2.19. The van der Waals surface area contributed by atoms with Gasteiger partial charge in [0.05, 0.1) is 5.56 Å². The monoisotopic (exact) mass is 532 g/mol. The largest absolute Gasteiger partial charge is 0.323 e. The van der Waals surface area contributed by atoms with Crippen LogP contribution in [0.5, 0.6) is 0 Å². The zero-order chi connectivity index (χ0) is 26.8. The van der Waals surface area contributed by atoms with Crippen LogP contribution >= 0.6 is 11.6 Å². The molecule has 2 aromatic carbocycles. The number of hydrogen-bond acceptors (Lipinski definition) is 4. The van der Waals surface area contributed by atoms with E-state index in [1.54, 1.807) is 73.3 Å². The van der Waals surface area contributed by atoms with E-state index in [4.69, 9.17) is 16.6 Å². The molecule has 0 spiro atoms. The molecule has 0 radical (unpaired) electrons. The molecule has 39 heavy (non-hydrogen) atoms. The molecule has 2 amide bonds. The van der Waals surface area contributed by atoms with Crippen LogP contribution in [0.3, 0.4) is 0 Å². The van der Waals surface area contributed by atoms with Crippen molar-refractivity contribution in [2.45, 2.75) is 0 Å². The maximum Gasteiger partial charge on any atom is 0.323 e. The van der Waals surface area contributed by atoms with Crippen LogP contribution in [0, 0.1) is 0 Å². The van der Waals surface area contributed by atoms with E-state index in [0.717, 1.165) is 11.1 Å². The van der Waals surface area contributed by atoms with E-state index in [9.17, 15) is 9.59 Å². The third kappa shape index (κ3) is 5.01. The van der Waals surface area contributed by atoms with Gasteiger partial charge in [0.1, 0.15) is 0 Å². The van der Waals surface area contributed by atoms with Gasteiger partial charge in [0.15, 0.2) is 11.4 Å². The average Bonchev–Trinajstić information content (AvgIpc) is 3.62. The summed E-state index contributed by atoms with van der Waals surface area (Å²) >= 11 is 5.91. The number of benzene rings is 2. The van der Waals surface area contributed by atoms with Gasteiger partial charge in [-0.3, -0.25) is 14.5 Å². The number of pyridine rings is 2. The van der Waals surface area contributed by atoms with Crippen molar-refractivity contribution in [3.05, 3.63) is 132 Å². The van der Waals surface area contributed by atoms with E-state index < -0.39 is 6.03 Å². The molecular weight excluding hydrogens is 512 g/mol. The lowest BCUT2D eigenvalue weighted by Gasteiger charge is -2.09. The van der Waals surface area contributed by atoms with Gasteiger partial charge in [0.2, 0.25) is 0 Å². The number of fused-ring (bicyclic) bond motifs is 1. The molecule has 0 bridgehead atoms. The molecule has 4 heterocycles. The van der Waals surface area contributed by atoms with E-state index in [0.29, 0.717) is 38.6 Å². The van der Waals surface area contributed by atoms with Crippen molar-refractivity contribution in [2.75, 3.05) is 10.6 Å². The molecule has 190 valence electrons. The van der Waals surface area contributed by atoms with E-state index in [1.165, 1.54) is 0 Å². The first-order valence-electron chi connectivity index (χ1n) is 12.1. The van der Waals surface area contributed by atoms with Crippen LogP contribution in [-0.2, 0) is 0 Å². The van der Waals surface area contributed by atoms with Gasteiger partial charge < -0.3 is 10.6 Å². The number of ketones is 1. The van der Waals surface area contributed by atoms with Crippen molar-refractivity contribution in [1.29, 1.82) is 0 Å². The summed E-state index contributed by atoms with van der Waals surface area (Å²) in [7, 11) is 0. The Morgan fingerprint density at radius 3 is 2.36 bits per heavy atom. The Morgan fingerprint density at radius 1 is 0.795 bits per heavy atom. The van der Waals surface area contributed by atoms with Crippen molar-refractivity contribution >= 4 is 45.8 Å². The minimum atomic E-state index is -0.434. The standard InChI is InChI=1S/C30H21ClN6O2/c31-23-8-10-24(11-9-23)34-30(39)35-25-7-3-5-20(15-25)28(38)27-19-37(36-13-1-2-14-36)29-26(27)16-22(18-33-29)21-6-4-12-32-17-21/h1-19H,(H2,34,35,39). The molecule has 0 saturated heterocycles. The van der Waals surface area contributed by atoms with E-state index >= 15 is 0 Å². The topological polar surface area (TPSA) is 93.8 Å². The first kappa shape index (κ1) is 24.1. The van der Waals surface area contributed by atoms with Crippen molar-refractivity contribution in [3.8, 4) is 11.1 Å². The number of urea groups is 1. The molecule has 8 nitrogen and oxygen atoms in total. The number of halogens is 1. The molecule has 4 aromatic heterocycles. The van der Waals surface area contributed by atoms with E-state index in [1.807, 2.05) is 52.1 Å². The summed E-state index contributed by atoms with van der Waals surface area (Å²) in [6.07, 6.45) is 10.8. The van der Waals surface area contributed by atoms with Crippen molar-refractivity contribution in [3.63, 3.8) is 0 Å². The Bertz CT molecular complexity index is 1800. The minimum Gasteiger partial charge on any atom is -0.308 e. The van der Waals surface area contributed by atoms with Gasteiger partial charge in [0, 0.05) is 75.7 Å². The molecule has 9 heteroatoms. The van der Waals surface area contributed by atoms with Gasteiger partial charge in [-0.2, -0.15) is 0 Å². The summed E-state index contributed by atoms with van der Waals surface area (Å²) in [5, 5.41) is 6.81. The Balaban J connectivity index is 1.34. The van der Waals surface area contributed by atoms with Crippen LogP contribution in [0.1, 0.15) is 15.9 Å². The third-order valence-corrected chi connectivity index (χ3v) is 6.44. The van der Waals surface area contributed by atoms with Crippen molar-refractivity contribution in [1.82, 2.24) is 19.3 Å². The van der Waals surface area contributed by atoms with E-state index in [-0.39, 0.29) is 5.78 Å². The second-order valence-corrected chi connectivity index (χ2v) is 9.22. The number of carbonyl (C=O) groups excluding carboxylic acids is 2. The number of anilines is 2. The van der Waals surface area contributed by atoms with Crippen molar-refractivity contribution in [2.24, 2.45) is 0 Å². The highest BCUT2D eigenvalue weighted by Crippen LogP contribution is 2.28. The van der Waals surface area contributed by atoms with Gasteiger partial charge in [-0.1, -0.05) is 29.8 Å². The van der Waals surface area contributed by atoms with Crippen LogP contribution < -0.4 is 10.6 Å². The number of aromatic nitrogens is 4. The lowest BCUT2D eigenvalue weighted by molar-refractivity contribution is 0.104. The molecule has 0 aliphatic rings. The molecule has 2 N–H and O–H groups in total. The van der Waals surface area contributed by atoms with Crippen LogP contribution in [0.2, 0.25) is 5.02 Å². The second kappa shape index (κ2) is 10.3. The fourth-order valence-corrected chi connectivity index (χ4v) is 4.46. The first-order valence-corrected chi connectivity index (χ1v) is 12.5. The summed E-state index contributed by atoms with van der Waals surface area (Å²) in [6.45, 7) is 0. The number of rotatable bonds is 6. The normalized spacial score (nSPS) is 10.9. The van der Waals surface area contributed by atoms with Crippen LogP contribution in [0.25, 0.3) is 22.2 Å². The molecule has 6 rings (SSSR count). The van der Waals surface area contributed by atoms with Gasteiger partial charge >= 0.3 is 6.03 Å². The summed E-state index contributed by atoms with van der Waals surface area (Å²) in [5.41, 5.74) is 4.38. The van der Waals surface area contributed by atoms with Gasteiger partial charge in [0.25, 0.3) is 0 Å². The number of hydrogen-bond donors (Lipinski definition) is 2. The van der Waals surface area contributed by atoms with Crippen LogP contribution in [-0.4, -0.2) is 31.1 Å². The summed E-state index contributed by atoms with van der Waals surface area (Å²) in [4.78, 5) is 35.3. The lowest BCUT2D eigenvalue weighted by atomic mass is 10.0. The summed E-state index contributed by atoms with van der Waals surface area (Å²) < 4.78 is 3.69. The molecule has 6 aromatic rings. The predicted octanol–water partition coefficient (Wildman–Crippen LogP) is 6.74. The molecule has 0 aliphatic heterocycles. The molecule has 0 unspecified atom stereocenters. The van der Waals surface area contributed by atoms with Crippen LogP contribution in [0.15, 0.2) is 116 Å². The van der Waals surface area contributed by atoms with Crippen LogP contribution in [0.4, 0.5) is 16.2 Å². The summed E-state index contributed by atoms with van der Waals surface area (Å²) in [5.74, 6) is -0.196. The number of amides is 2. The summed E-state index contributed by atoms with van der Waals surface area (Å²) in [6, 6.07) is 22.8. The Hall–Kier alpha value is -5.21. The first-order chi connectivity index (χ1) is 19.0. The minimum absolute atomic E-state index is 0.196. The zero-order valence-corrected chi connectivity index (χ0v) is 21.2. The fraction of sp³-hybridized carbons (Fsp3) is 0. The molecule has 0 saturated carbocycles. The van der Waals surface area contributed by atoms with Gasteiger partial charge in [-0.25, -0.2) is 14.5 Å². The molecule has 0 fully saturated rings. The van der Waals surface area contributed by atoms with Gasteiger partial charge in [-0.15, -0.1) is 0 Å². The number of nitrogens with one attached hydrogen (secondary N) is 2. The number of nitrogens with zero attached hydrogens (tertiary/aromatic N) is 4. The highest BCUT2D eigenvalue weighted by molar-refractivity contribution is 6.30. The maximum atomic E-state index is 13.8. The maximum absolute atomic E-state index is 13.8. The van der Waals surface area contributed by atoms with Crippen molar-refractivity contribution < 1.29 is 9.59 Å². The quantitative estimate of drug-likeness (QED) is 0.232. The highest BCUT2D eigenvalue weighted by atomic mass is 35.5. The predicted molar refractivity (Wildman–Crippen MR) is 152 cm³/mol. The zero-order valence-electron chi connectivity index (χ0n) is 20.5. The second-order valence-electron chi connectivity index (χ2n) is 8.78. The Labute approximate surface area is 228 Å². The smallest absolute Gasteiger partial charge is 0.308 e. The Kier molecular flexibility index (Phi) is 6.36. The molecule has 0 aliphatic carbocycles. The average molecular weight is 533 g/mol. The highest BCUT2D eigenvalue weighted by Gasteiger charge is 2.20. The SMILES string of the molecule is O=C(Nc1ccc(Cl)cc1)Nc1cccc(C(=O)c2cn(-n3cccc3)c3ncc(-c4cccnc4)cc23)c1. The molecule has 0 atom stereocenters. The van der Waals surface area contributed by atoms with Gasteiger partial charge in [-0.05, 0) is 60.7 Å². The molecular formula is C30H21ClN6O2. The Morgan fingerprint density at radius 2 is 1.59 bits per heavy atom. The number of carbonyl (C=O) groups is 2. The van der Waals surface area contributed by atoms with E-state index in [2.05, 4.69) is 15.6 Å².